The second-order valence-electron chi connectivity index (χ2n) is 4.09. The molecule has 0 atom stereocenters. The highest BCUT2D eigenvalue weighted by Crippen LogP contribution is 2.11. The van der Waals surface area contributed by atoms with Crippen LogP contribution < -0.4 is 10.5 Å². The van der Waals surface area contributed by atoms with Crippen molar-refractivity contribution in [2.75, 3.05) is 7.11 Å². The minimum atomic E-state index is -0.716. The number of amidine groups is 1. The summed E-state index contributed by atoms with van der Waals surface area (Å²) >= 11 is 0. The molecular formula is C15H13FN2O3. The van der Waals surface area contributed by atoms with E-state index >= 15 is 0 Å². The first-order chi connectivity index (χ1) is 10.1. The van der Waals surface area contributed by atoms with Crippen molar-refractivity contribution in [3.63, 3.8) is 0 Å². The van der Waals surface area contributed by atoms with Crippen LogP contribution in [-0.2, 0) is 4.84 Å². The van der Waals surface area contributed by atoms with Crippen LogP contribution in [0, 0.1) is 5.82 Å². The highest BCUT2D eigenvalue weighted by atomic mass is 19.1. The molecule has 0 aliphatic carbocycles. The SMILES string of the molecule is COc1ccc(/C(N)=N\OC(=O)c2ccc(F)cc2)cc1. The molecular weight excluding hydrogens is 275 g/mol. The van der Waals surface area contributed by atoms with Crippen LogP contribution in [0.4, 0.5) is 4.39 Å². The molecule has 2 aromatic rings. The molecule has 0 radical (unpaired) electrons. The Morgan fingerprint density at radius 2 is 1.62 bits per heavy atom. The number of rotatable bonds is 4. The summed E-state index contributed by atoms with van der Waals surface area (Å²) in [5.74, 6) is -0.428. The molecule has 108 valence electrons. The number of carbonyl (C=O) groups excluding carboxylic acids is 1. The molecule has 0 amide bonds. The van der Waals surface area contributed by atoms with Gasteiger partial charge in [0.05, 0.1) is 12.7 Å². The van der Waals surface area contributed by atoms with Crippen molar-refractivity contribution >= 4 is 11.8 Å². The Kier molecular flexibility index (Phi) is 4.50. The third kappa shape index (κ3) is 3.79. The number of hydrogen-bond acceptors (Lipinski definition) is 4. The van der Waals surface area contributed by atoms with Crippen LogP contribution in [-0.4, -0.2) is 18.9 Å². The first kappa shape index (κ1) is 14.5. The van der Waals surface area contributed by atoms with Crippen molar-refractivity contribution in [2.45, 2.75) is 0 Å². The number of hydrogen-bond donors (Lipinski definition) is 1. The minimum Gasteiger partial charge on any atom is -0.497 e. The number of benzene rings is 2. The smallest absolute Gasteiger partial charge is 0.365 e. The zero-order chi connectivity index (χ0) is 15.2. The van der Waals surface area contributed by atoms with Gasteiger partial charge in [-0.3, -0.25) is 0 Å². The Bertz CT molecular complexity index is 652. The first-order valence-electron chi connectivity index (χ1n) is 6.05. The second kappa shape index (κ2) is 6.51. The highest BCUT2D eigenvalue weighted by Gasteiger charge is 2.08. The van der Waals surface area contributed by atoms with Crippen LogP contribution in [0.3, 0.4) is 0 Å². The lowest BCUT2D eigenvalue weighted by atomic mass is 10.2. The van der Waals surface area contributed by atoms with Crippen LogP contribution in [0.2, 0.25) is 0 Å². The van der Waals surface area contributed by atoms with Gasteiger partial charge in [0.25, 0.3) is 0 Å². The fraction of sp³-hybridized carbons (Fsp3) is 0.0667. The second-order valence-corrected chi connectivity index (χ2v) is 4.09. The van der Waals surface area contributed by atoms with Gasteiger partial charge in [0.15, 0.2) is 5.84 Å². The molecule has 0 fully saturated rings. The molecule has 21 heavy (non-hydrogen) atoms. The van der Waals surface area contributed by atoms with E-state index in [9.17, 15) is 9.18 Å². The standard InChI is InChI=1S/C15H13FN2O3/c1-20-13-8-4-10(5-9-13)14(17)18-21-15(19)11-2-6-12(16)7-3-11/h2-9H,1H3,(H2,17,18). The molecule has 2 N–H and O–H groups in total. The molecule has 2 rings (SSSR count). The molecule has 0 aliphatic heterocycles. The van der Waals surface area contributed by atoms with E-state index in [0.717, 1.165) is 12.1 Å². The molecule has 2 aromatic carbocycles. The lowest BCUT2D eigenvalue weighted by Crippen LogP contribution is -2.15. The van der Waals surface area contributed by atoms with E-state index in [4.69, 9.17) is 15.3 Å². The summed E-state index contributed by atoms with van der Waals surface area (Å²) in [6.07, 6.45) is 0. The van der Waals surface area contributed by atoms with Gasteiger partial charge in [-0.25, -0.2) is 9.18 Å². The largest absolute Gasteiger partial charge is 0.497 e. The first-order valence-corrected chi connectivity index (χ1v) is 6.05. The van der Waals surface area contributed by atoms with Crippen LogP contribution in [0.15, 0.2) is 53.7 Å². The van der Waals surface area contributed by atoms with Crippen LogP contribution in [0.5, 0.6) is 5.75 Å². The molecule has 0 heterocycles. The van der Waals surface area contributed by atoms with Crippen molar-refractivity contribution in [1.82, 2.24) is 0 Å². The molecule has 0 aromatic heterocycles. The molecule has 6 heteroatoms. The Hall–Kier alpha value is -2.89. The molecule has 0 unspecified atom stereocenters. The number of ether oxygens (including phenoxy) is 1. The number of methoxy groups -OCH3 is 1. The maximum atomic E-state index is 12.7. The summed E-state index contributed by atoms with van der Waals surface area (Å²) in [4.78, 5) is 16.4. The lowest BCUT2D eigenvalue weighted by molar-refractivity contribution is 0.0516. The molecule has 0 spiro atoms. The van der Waals surface area contributed by atoms with Crippen molar-refractivity contribution in [3.05, 3.63) is 65.5 Å². The monoisotopic (exact) mass is 288 g/mol. The summed E-state index contributed by atoms with van der Waals surface area (Å²) in [7, 11) is 1.55. The number of nitrogens with two attached hydrogens (primary N) is 1. The van der Waals surface area contributed by atoms with Crippen molar-refractivity contribution in [2.24, 2.45) is 10.9 Å². The molecule has 0 bridgehead atoms. The van der Waals surface area contributed by atoms with Crippen molar-refractivity contribution in [3.8, 4) is 5.75 Å². The Labute approximate surface area is 120 Å². The Morgan fingerprint density at radius 1 is 1.05 bits per heavy atom. The van der Waals surface area contributed by atoms with Crippen molar-refractivity contribution < 1.29 is 18.8 Å². The predicted molar refractivity (Wildman–Crippen MR) is 75.5 cm³/mol. The third-order valence-electron chi connectivity index (χ3n) is 2.69. The maximum Gasteiger partial charge on any atom is 0.365 e. The van der Waals surface area contributed by atoms with Gasteiger partial charge in [0.2, 0.25) is 0 Å². The van der Waals surface area contributed by atoms with Crippen molar-refractivity contribution in [1.29, 1.82) is 0 Å². The average molecular weight is 288 g/mol. The zero-order valence-electron chi connectivity index (χ0n) is 11.2. The fourth-order valence-electron chi connectivity index (χ4n) is 1.54. The molecule has 0 saturated heterocycles. The van der Waals surface area contributed by atoms with E-state index in [-0.39, 0.29) is 11.4 Å². The number of oxime groups is 1. The normalized spacial score (nSPS) is 11.0. The summed E-state index contributed by atoms with van der Waals surface area (Å²) in [5, 5.41) is 3.56. The Balaban J connectivity index is 2.05. The van der Waals surface area contributed by atoms with Gasteiger partial charge in [-0.2, -0.15) is 0 Å². The Morgan fingerprint density at radius 3 is 2.19 bits per heavy atom. The van der Waals surface area contributed by atoms with Gasteiger partial charge in [0.1, 0.15) is 11.6 Å². The van der Waals surface area contributed by atoms with Gasteiger partial charge >= 0.3 is 5.97 Å². The average Bonchev–Trinajstić information content (AvgIpc) is 2.53. The quantitative estimate of drug-likeness (QED) is 0.405. The van der Waals surface area contributed by atoms with Gasteiger partial charge < -0.3 is 15.3 Å². The zero-order valence-corrected chi connectivity index (χ0v) is 11.2. The van der Waals surface area contributed by atoms with E-state index in [0.29, 0.717) is 11.3 Å². The van der Waals surface area contributed by atoms with E-state index in [1.54, 1.807) is 31.4 Å². The summed E-state index contributed by atoms with van der Waals surface area (Å²) in [5.41, 5.74) is 6.48. The topological polar surface area (TPSA) is 73.9 Å². The summed E-state index contributed by atoms with van der Waals surface area (Å²) in [6, 6.07) is 11.7. The van der Waals surface area contributed by atoms with Crippen LogP contribution in [0.1, 0.15) is 15.9 Å². The summed E-state index contributed by atoms with van der Waals surface area (Å²) < 4.78 is 17.8. The van der Waals surface area contributed by atoms with Gasteiger partial charge in [-0.15, -0.1) is 0 Å². The number of halogens is 1. The third-order valence-corrected chi connectivity index (χ3v) is 2.69. The van der Waals surface area contributed by atoms with E-state index in [2.05, 4.69) is 5.16 Å². The highest BCUT2D eigenvalue weighted by molar-refractivity contribution is 5.98. The van der Waals surface area contributed by atoms with Gasteiger partial charge in [-0.1, -0.05) is 5.16 Å². The van der Waals surface area contributed by atoms with Gasteiger partial charge in [0, 0.05) is 5.56 Å². The lowest BCUT2D eigenvalue weighted by Gasteiger charge is -2.03. The molecule has 0 saturated carbocycles. The van der Waals surface area contributed by atoms with E-state index in [1.807, 2.05) is 0 Å². The predicted octanol–water partition coefficient (Wildman–Crippen LogP) is 2.31. The van der Waals surface area contributed by atoms with Crippen LogP contribution >= 0.6 is 0 Å². The number of carbonyl (C=O) groups is 1. The van der Waals surface area contributed by atoms with Gasteiger partial charge in [-0.05, 0) is 48.5 Å². The molecule has 5 nitrogen and oxygen atoms in total. The summed E-state index contributed by atoms with van der Waals surface area (Å²) in [6.45, 7) is 0. The fourth-order valence-corrected chi connectivity index (χ4v) is 1.54. The minimum absolute atomic E-state index is 0.0492. The molecule has 0 aliphatic rings. The number of nitrogens with zero attached hydrogens (tertiary/aromatic N) is 1. The van der Waals surface area contributed by atoms with E-state index in [1.165, 1.54) is 12.1 Å². The van der Waals surface area contributed by atoms with Crippen LogP contribution in [0.25, 0.3) is 0 Å². The van der Waals surface area contributed by atoms with E-state index < -0.39 is 11.8 Å². The maximum absolute atomic E-state index is 12.7.